The number of nitrogens with zero attached hydrogens (tertiary/aromatic N) is 2. The van der Waals surface area contributed by atoms with E-state index < -0.39 is 0 Å². The average Bonchev–Trinajstić information content (AvgIpc) is 2.91. The Kier molecular flexibility index (Phi) is 7.99. The smallest absolute Gasteiger partial charge is 0.227 e. The Balaban J connectivity index is 1.51. The number of benzene rings is 3. The minimum Gasteiger partial charge on any atom is -0.489 e. The van der Waals surface area contributed by atoms with Gasteiger partial charge in [0.25, 0.3) is 0 Å². The van der Waals surface area contributed by atoms with Crippen molar-refractivity contribution in [2.45, 2.75) is 45.3 Å². The van der Waals surface area contributed by atoms with Gasteiger partial charge in [-0.1, -0.05) is 43.5 Å². The summed E-state index contributed by atoms with van der Waals surface area (Å²) in [7, 11) is 0. The third kappa shape index (κ3) is 6.85. The van der Waals surface area contributed by atoms with Crippen LogP contribution in [0, 0.1) is 28.6 Å². The Labute approximate surface area is 205 Å². The summed E-state index contributed by atoms with van der Waals surface area (Å²) in [5.41, 5.74) is 3.50. The molecule has 1 fully saturated rings. The lowest BCUT2D eigenvalue weighted by molar-refractivity contribution is -0.120. The van der Waals surface area contributed by atoms with E-state index in [2.05, 4.69) is 17.5 Å². The van der Waals surface area contributed by atoms with Gasteiger partial charge >= 0.3 is 0 Å². The molecule has 176 valence electrons. The van der Waals surface area contributed by atoms with Crippen LogP contribution in [0.25, 0.3) is 0 Å². The first-order chi connectivity index (χ1) is 17.1. The SMILES string of the molecule is N#Cc1cccc(COc2cc(NC(=O)C3CCCCC3)cc(OCc3cccc(C#N)c3)c2)c1. The lowest BCUT2D eigenvalue weighted by Gasteiger charge is -2.21. The molecule has 0 spiro atoms. The fourth-order valence-electron chi connectivity index (χ4n) is 4.21. The number of hydrogen-bond acceptors (Lipinski definition) is 5. The monoisotopic (exact) mass is 465 g/mol. The van der Waals surface area contributed by atoms with Gasteiger partial charge in [0.1, 0.15) is 24.7 Å². The van der Waals surface area contributed by atoms with Gasteiger partial charge in [-0.3, -0.25) is 4.79 Å². The molecule has 1 N–H and O–H groups in total. The Morgan fingerprint density at radius 3 is 1.86 bits per heavy atom. The first-order valence-corrected chi connectivity index (χ1v) is 11.8. The van der Waals surface area contributed by atoms with Crippen LogP contribution in [0.2, 0.25) is 0 Å². The molecule has 1 amide bonds. The van der Waals surface area contributed by atoms with Crippen LogP contribution in [-0.4, -0.2) is 5.91 Å². The summed E-state index contributed by atoms with van der Waals surface area (Å²) in [6.45, 7) is 0.554. The van der Waals surface area contributed by atoms with Crippen molar-refractivity contribution in [3.05, 3.63) is 89.0 Å². The second kappa shape index (κ2) is 11.7. The maximum Gasteiger partial charge on any atom is 0.227 e. The van der Waals surface area contributed by atoms with E-state index in [1.54, 1.807) is 42.5 Å². The second-order valence-corrected chi connectivity index (χ2v) is 8.72. The van der Waals surface area contributed by atoms with E-state index in [0.29, 0.717) is 28.3 Å². The van der Waals surface area contributed by atoms with Crippen molar-refractivity contribution in [3.63, 3.8) is 0 Å². The first-order valence-electron chi connectivity index (χ1n) is 11.8. The zero-order valence-electron chi connectivity index (χ0n) is 19.5. The van der Waals surface area contributed by atoms with Gasteiger partial charge in [0.2, 0.25) is 5.91 Å². The minimum atomic E-state index is 0.0243. The number of rotatable bonds is 8. The van der Waals surface area contributed by atoms with Crippen molar-refractivity contribution in [2.24, 2.45) is 5.92 Å². The molecule has 6 heteroatoms. The molecule has 0 aromatic heterocycles. The fourth-order valence-corrected chi connectivity index (χ4v) is 4.21. The molecule has 1 saturated carbocycles. The summed E-state index contributed by atoms with van der Waals surface area (Å²) in [6.07, 6.45) is 5.18. The molecule has 4 rings (SSSR count). The zero-order chi connectivity index (χ0) is 24.5. The summed E-state index contributed by atoms with van der Waals surface area (Å²) in [5, 5.41) is 21.3. The molecular formula is C29H27N3O3. The number of amides is 1. The highest BCUT2D eigenvalue weighted by molar-refractivity contribution is 5.93. The van der Waals surface area contributed by atoms with E-state index in [1.807, 2.05) is 24.3 Å². The number of ether oxygens (including phenoxy) is 2. The summed E-state index contributed by atoms with van der Waals surface area (Å²) in [4.78, 5) is 12.8. The second-order valence-electron chi connectivity index (χ2n) is 8.72. The Morgan fingerprint density at radius 1 is 0.800 bits per heavy atom. The average molecular weight is 466 g/mol. The molecule has 1 aliphatic rings. The molecule has 0 saturated heterocycles. The number of anilines is 1. The Hall–Kier alpha value is -4.29. The minimum absolute atomic E-state index is 0.0243. The molecular weight excluding hydrogens is 438 g/mol. The summed E-state index contributed by atoms with van der Waals surface area (Å²) < 4.78 is 12.0. The van der Waals surface area contributed by atoms with E-state index in [9.17, 15) is 4.79 Å². The predicted octanol–water partition coefficient (Wildman–Crippen LogP) is 6.11. The van der Waals surface area contributed by atoms with Crippen molar-refractivity contribution >= 4 is 11.6 Å². The molecule has 1 aliphatic carbocycles. The summed E-state index contributed by atoms with van der Waals surface area (Å²) in [5.74, 6) is 1.15. The van der Waals surface area contributed by atoms with Crippen LogP contribution in [0.4, 0.5) is 5.69 Å². The van der Waals surface area contributed by atoms with Gasteiger partial charge in [0.05, 0.1) is 23.3 Å². The van der Waals surface area contributed by atoms with E-state index >= 15 is 0 Å². The van der Waals surface area contributed by atoms with Crippen molar-refractivity contribution in [1.82, 2.24) is 0 Å². The van der Waals surface area contributed by atoms with Crippen LogP contribution in [0.3, 0.4) is 0 Å². The van der Waals surface area contributed by atoms with E-state index in [1.165, 1.54) is 6.42 Å². The normalized spacial score (nSPS) is 13.3. The maximum absolute atomic E-state index is 12.8. The number of carbonyl (C=O) groups is 1. The third-order valence-corrected chi connectivity index (χ3v) is 6.05. The largest absolute Gasteiger partial charge is 0.489 e. The molecule has 0 unspecified atom stereocenters. The van der Waals surface area contributed by atoms with E-state index in [0.717, 1.165) is 36.8 Å². The molecule has 0 heterocycles. The van der Waals surface area contributed by atoms with Crippen LogP contribution in [-0.2, 0) is 18.0 Å². The zero-order valence-corrected chi connectivity index (χ0v) is 19.5. The van der Waals surface area contributed by atoms with Gasteiger partial charge in [-0.15, -0.1) is 0 Å². The van der Waals surface area contributed by atoms with Gasteiger partial charge in [-0.2, -0.15) is 10.5 Å². The molecule has 35 heavy (non-hydrogen) atoms. The van der Waals surface area contributed by atoms with Crippen molar-refractivity contribution in [3.8, 4) is 23.6 Å². The number of carbonyl (C=O) groups excluding carboxylic acids is 1. The predicted molar refractivity (Wildman–Crippen MR) is 133 cm³/mol. The topological polar surface area (TPSA) is 95.1 Å². The first kappa shape index (κ1) is 23.9. The fraction of sp³-hybridized carbons (Fsp3) is 0.276. The van der Waals surface area contributed by atoms with Crippen molar-refractivity contribution in [2.75, 3.05) is 5.32 Å². The van der Waals surface area contributed by atoms with Crippen molar-refractivity contribution in [1.29, 1.82) is 10.5 Å². The number of nitrogens with one attached hydrogen (secondary N) is 1. The molecule has 0 atom stereocenters. The molecule has 0 aliphatic heterocycles. The van der Waals surface area contributed by atoms with Gasteiger partial charge in [-0.05, 0) is 48.2 Å². The van der Waals surface area contributed by atoms with E-state index in [-0.39, 0.29) is 25.0 Å². The number of hydrogen-bond donors (Lipinski definition) is 1. The highest BCUT2D eigenvalue weighted by Gasteiger charge is 2.21. The lowest BCUT2D eigenvalue weighted by Crippen LogP contribution is -2.24. The Bertz CT molecular complexity index is 1190. The van der Waals surface area contributed by atoms with Crippen LogP contribution in [0.1, 0.15) is 54.4 Å². The molecule has 0 bridgehead atoms. The van der Waals surface area contributed by atoms with Crippen LogP contribution < -0.4 is 14.8 Å². The van der Waals surface area contributed by atoms with E-state index in [4.69, 9.17) is 20.0 Å². The Morgan fingerprint density at radius 2 is 1.34 bits per heavy atom. The van der Waals surface area contributed by atoms with Crippen LogP contribution in [0.5, 0.6) is 11.5 Å². The quantitative estimate of drug-likeness (QED) is 0.433. The summed E-state index contributed by atoms with van der Waals surface area (Å²) >= 11 is 0. The van der Waals surface area contributed by atoms with Gasteiger partial charge in [-0.25, -0.2) is 0 Å². The lowest BCUT2D eigenvalue weighted by atomic mass is 9.88. The van der Waals surface area contributed by atoms with Gasteiger partial charge in [0.15, 0.2) is 0 Å². The van der Waals surface area contributed by atoms with Crippen LogP contribution in [0.15, 0.2) is 66.7 Å². The molecule has 3 aromatic carbocycles. The molecule has 6 nitrogen and oxygen atoms in total. The highest BCUT2D eigenvalue weighted by atomic mass is 16.5. The van der Waals surface area contributed by atoms with Gasteiger partial charge < -0.3 is 14.8 Å². The van der Waals surface area contributed by atoms with Gasteiger partial charge in [0, 0.05) is 29.8 Å². The summed E-state index contributed by atoms with van der Waals surface area (Å²) in [6, 6.07) is 24.1. The van der Waals surface area contributed by atoms with Crippen molar-refractivity contribution < 1.29 is 14.3 Å². The standard InChI is InChI=1S/C29H27N3O3/c30-17-21-6-4-8-23(12-21)19-34-27-14-26(32-29(33)25-10-2-1-3-11-25)15-28(16-27)35-20-24-9-5-7-22(13-24)18-31/h4-9,12-16,25H,1-3,10-11,19-20H2,(H,32,33). The molecule has 0 radical (unpaired) electrons. The van der Waals surface area contributed by atoms with Crippen LogP contribution >= 0.6 is 0 Å². The highest BCUT2D eigenvalue weighted by Crippen LogP contribution is 2.30. The number of nitriles is 2. The molecule has 3 aromatic rings. The maximum atomic E-state index is 12.8. The third-order valence-electron chi connectivity index (χ3n) is 6.05.